The Morgan fingerprint density at radius 2 is 1.92 bits per heavy atom. The third kappa shape index (κ3) is 6.61. The third-order valence-electron chi connectivity index (χ3n) is 4.94. The largest absolute Gasteiger partial charge is 0.456 e. The summed E-state index contributed by atoms with van der Waals surface area (Å²) in [6, 6.07) is 14.0. The molecule has 0 radical (unpaired) electrons. The van der Waals surface area contributed by atoms with E-state index in [1.54, 1.807) is 6.33 Å². The lowest BCUT2D eigenvalue weighted by Crippen LogP contribution is -2.10. The molecule has 0 bridgehead atoms. The van der Waals surface area contributed by atoms with Gasteiger partial charge in [0.25, 0.3) is 0 Å². The highest BCUT2D eigenvalue weighted by Crippen LogP contribution is 2.34. The average molecular weight is 549 g/mol. The van der Waals surface area contributed by atoms with Gasteiger partial charge in [0, 0.05) is 31.9 Å². The van der Waals surface area contributed by atoms with Crippen LogP contribution >= 0.6 is 36.3 Å². The molecule has 3 heterocycles. The SMILES string of the molecule is CC(N)=O.Cc1cc(Nc2ncnc3ccn(CCN)c23)ccc1Oc1cccc2sncc12.Cl.Cl. The molecule has 5 aromatic rings. The number of carbonyl (C=O) groups excluding carboxylic acids is 1. The number of carbonyl (C=O) groups is 1. The van der Waals surface area contributed by atoms with E-state index in [0.29, 0.717) is 13.1 Å². The first-order valence-corrected chi connectivity index (χ1v) is 11.4. The van der Waals surface area contributed by atoms with E-state index < -0.39 is 0 Å². The molecule has 3 aromatic heterocycles. The Kier molecular flexibility index (Phi) is 10.4. The number of ether oxygens (including phenoxy) is 1. The summed E-state index contributed by atoms with van der Waals surface area (Å²) < 4.78 is 13.6. The Hall–Kier alpha value is -3.44. The van der Waals surface area contributed by atoms with Crippen molar-refractivity contribution in [3.05, 3.63) is 66.7 Å². The van der Waals surface area contributed by atoms with Crippen LogP contribution < -0.4 is 21.5 Å². The monoisotopic (exact) mass is 547 g/mol. The molecule has 5 N–H and O–H groups in total. The predicted molar refractivity (Wildman–Crippen MR) is 150 cm³/mol. The predicted octanol–water partition coefficient (Wildman–Crippen LogP) is 5.18. The minimum atomic E-state index is -0.333. The van der Waals surface area contributed by atoms with Crippen molar-refractivity contribution in [2.24, 2.45) is 11.5 Å². The van der Waals surface area contributed by atoms with Crippen LogP contribution in [0.25, 0.3) is 21.1 Å². The number of anilines is 2. The number of nitrogens with one attached hydrogen (secondary N) is 1. The molecule has 36 heavy (non-hydrogen) atoms. The highest BCUT2D eigenvalue weighted by Gasteiger charge is 2.11. The van der Waals surface area contributed by atoms with Gasteiger partial charge in [0.2, 0.25) is 5.91 Å². The van der Waals surface area contributed by atoms with E-state index in [2.05, 4.69) is 30.0 Å². The van der Waals surface area contributed by atoms with Crippen LogP contribution in [-0.4, -0.2) is 31.4 Å². The number of hydrogen-bond donors (Lipinski definition) is 3. The van der Waals surface area contributed by atoms with E-state index in [4.69, 9.17) is 10.5 Å². The summed E-state index contributed by atoms with van der Waals surface area (Å²) in [7, 11) is 0. The molecule has 0 spiro atoms. The van der Waals surface area contributed by atoms with Gasteiger partial charge in [-0.3, -0.25) is 4.79 Å². The molecule has 0 unspecified atom stereocenters. The number of nitrogens with zero attached hydrogens (tertiary/aromatic N) is 4. The van der Waals surface area contributed by atoms with Gasteiger partial charge in [0.15, 0.2) is 5.82 Å². The summed E-state index contributed by atoms with van der Waals surface area (Å²) in [5.74, 6) is 2.03. The average Bonchev–Trinajstić information content (AvgIpc) is 3.44. The fraction of sp³-hybridized carbons (Fsp3) is 0.167. The molecule has 12 heteroatoms. The number of aromatic nitrogens is 4. The first kappa shape index (κ1) is 28.8. The Balaban J connectivity index is 0.000000710. The molecular formula is C24H27Cl2N7O2S. The highest BCUT2D eigenvalue weighted by molar-refractivity contribution is 7.13. The lowest BCUT2D eigenvalue weighted by molar-refractivity contribution is -0.115. The van der Waals surface area contributed by atoms with Gasteiger partial charge in [-0.05, 0) is 60.4 Å². The van der Waals surface area contributed by atoms with Gasteiger partial charge in [-0.25, -0.2) is 9.97 Å². The van der Waals surface area contributed by atoms with Crippen molar-refractivity contribution >= 4 is 74.9 Å². The summed E-state index contributed by atoms with van der Waals surface area (Å²) in [5, 5.41) is 4.43. The number of amides is 1. The first-order chi connectivity index (χ1) is 16.5. The van der Waals surface area contributed by atoms with Crippen molar-refractivity contribution in [3.63, 3.8) is 0 Å². The van der Waals surface area contributed by atoms with E-state index in [1.807, 2.05) is 61.8 Å². The van der Waals surface area contributed by atoms with Crippen LogP contribution in [0, 0.1) is 6.92 Å². The van der Waals surface area contributed by atoms with Crippen molar-refractivity contribution in [3.8, 4) is 11.5 Å². The summed E-state index contributed by atoms with van der Waals surface area (Å²) in [6.07, 6.45) is 5.40. The van der Waals surface area contributed by atoms with Crippen LogP contribution in [0.15, 0.2) is 61.2 Å². The van der Waals surface area contributed by atoms with E-state index in [0.717, 1.165) is 49.7 Å². The molecule has 0 aliphatic rings. The van der Waals surface area contributed by atoms with Crippen LogP contribution in [0.4, 0.5) is 11.5 Å². The maximum Gasteiger partial charge on any atom is 0.214 e. The zero-order valence-electron chi connectivity index (χ0n) is 19.7. The zero-order valence-corrected chi connectivity index (χ0v) is 22.1. The quantitative estimate of drug-likeness (QED) is 0.266. The van der Waals surface area contributed by atoms with Crippen LogP contribution in [0.1, 0.15) is 12.5 Å². The number of halogens is 2. The topological polar surface area (TPSA) is 134 Å². The number of fused-ring (bicyclic) bond motifs is 2. The van der Waals surface area contributed by atoms with Gasteiger partial charge in [0.1, 0.15) is 23.3 Å². The summed E-state index contributed by atoms with van der Waals surface area (Å²) >= 11 is 1.46. The van der Waals surface area contributed by atoms with Crippen LogP contribution in [0.5, 0.6) is 11.5 Å². The minimum absolute atomic E-state index is 0. The Morgan fingerprint density at radius 1 is 1.14 bits per heavy atom. The smallest absolute Gasteiger partial charge is 0.214 e. The molecule has 5 rings (SSSR count). The second-order valence-electron chi connectivity index (χ2n) is 7.57. The Morgan fingerprint density at radius 3 is 2.64 bits per heavy atom. The number of aryl methyl sites for hydroxylation is 1. The van der Waals surface area contributed by atoms with E-state index in [9.17, 15) is 4.79 Å². The lowest BCUT2D eigenvalue weighted by atomic mass is 10.2. The molecule has 0 aliphatic carbocycles. The maximum atomic E-state index is 9.22. The second-order valence-corrected chi connectivity index (χ2v) is 8.40. The molecule has 0 aliphatic heterocycles. The van der Waals surface area contributed by atoms with Crippen LogP contribution in [-0.2, 0) is 11.3 Å². The number of rotatable bonds is 6. The number of nitrogens with two attached hydrogens (primary N) is 2. The van der Waals surface area contributed by atoms with Crippen molar-refractivity contribution in [2.75, 3.05) is 11.9 Å². The van der Waals surface area contributed by atoms with Crippen molar-refractivity contribution in [2.45, 2.75) is 20.4 Å². The zero-order chi connectivity index (χ0) is 24.1. The van der Waals surface area contributed by atoms with Crippen LogP contribution in [0.3, 0.4) is 0 Å². The second kappa shape index (κ2) is 13.0. The molecule has 0 atom stereocenters. The fourth-order valence-electron chi connectivity index (χ4n) is 3.50. The first-order valence-electron chi connectivity index (χ1n) is 10.6. The number of hydrogen-bond acceptors (Lipinski definition) is 8. The molecule has 1 amide bonds. The maximum absolute atomic E-state index is 9.22. The Labute approximate surface area is 224 Å². The summed E-state index contributed by atoms with van der Waals surface area (Å²) in [5.41, 5.74) is 14.0. The molecule has 0 saturated heterocycles. The standard InChI is InChI=1S/C22H20N6OS.C2H5NO.2ClH/c1-14-11-15(27-22-21-17(24-13-25-22)7-9-28(21)10-8-23)5-6-18(14)29-19-3-2-4-20-16(19)12-26-30-20;1-2(3)4;;/h2-7,9,11-13H,8,10,23H2,1H3,(H,24,25,27);1H3,(H2,3,4);2*1H. The van der Waals surface area contributed by atoms with E-state index >= 15 is 0 Å². The van der Waals surface area contributed by atoms with E-state index in [-0.39, 0.29) is 30.7 Å². The van der Waals surface area contributed by atoms with E-state index in [1.165, 1.54) is 18.5 Å². The molecular weight excluding hydrogens is 521 g/mol. The summed E-state index contributed by atoms with van der Waals surface area (Å²) in [4.78, 5) is 18.0. The van der Waals surface area contributed by atoms with Crippen molar-refractivity contribution < 1.29 is 9.53 Å². The summed E-state index contributed by atoms with van der Waals surface area (Å²) in [6.45, 7) is 4.59. The Bertz CT molecular complexity index is 1450. The molecule has 9 nitrogen and oxygen atoms in total. The normalized spacial score (nSPS) is 10.1. The fourth-order valence-corrected chi connectivity index (χ4v) is 4.16. The van der Waals surface area contributed by atoms with Gasteiger partial charge < -0.3 is 26.1 Å². The number of benzene rings is 2. The van der Waals surface area contributed by atoms with Gasteiger partial charge in [-0.15, -0.1) is 24.8 Å². The molecule has 2 aromatic carbocycles. The molecule has 190 valence electrons. The van der Waals surface area contributed by atoms with Crippen molar-refractivity contribution in [1.82, 2.24) is 18.9 Å². The van der Waals surface area contributed by atoms with Gasteiger partial charge >= 0.3 is 0 Å². The van der Waals surface area contributed by atoms with Gasteiger partial charge in [-0.2, -0.15) is 4.37 Å². The van der Waals surface area contributed by atoms with Crippen LogP contribution in [0.2, 0.25) is 0 Å². The third-order valence-corrected chi connectivity index (χ3v) is 5.70. The highest BCUT2D eigenvalue weighted by atomic mass is 35.5. The van der Waals surface area contributed by atoms with Gasteiger partial charge in [0.05, 0.1) is 21.8 Å². The molecule has 0 fully saturated rings. The lowest BCUT2D eigenvalue weighted by Gasteiger charge is -2.13. The minimum Gasteiger partial charge on any atom is -0.456 e. The van der Waals surface area contributed by atoms with Crippen molar-refractivity contribution in [1.29, 1.82) is 0 Å². The number of primary amides is 1. The van der Waals surface area contributed by atoms with Gasteiger partial charge in [-0.1, -0.05) is 6.07 Å². The molecule has 0 saturated carbocycles.